The Morgan fingerprint density at radius 3 is 2.31 bits per heavy atom. The fraction of sp³-hybridized carbons (Fsp3) is 0.400. The SMILES string of the molecule is CC(=O)NC(C)COc1ccc(C(O)c2ccc(OC(C)C)nc2)cc1. The first-order chi connectivity index (χ1) is 12.3. The molecule has 26 heavy (non-hydrogen) atoms. The maximum Gasteiger partial charge on any atom is 0.217 e. The van der Waals surface area contributed by atoms with Gasteiger partial charge < -0.3 is 19.9 Å². The second kappa shape index (κ2) is 9.20. The van der Waals surface area contributed by atoms with E-state index in [2.05, 4.69) is 10.3 Å². The minimum absolute atomic E-state index is 0.0548. The molecule has 6 heteroatoms. The predicted molar refractivity (Wildman–Crippen MR) is 99.3 cm³/mol. The zero-order valence-corrected chi connectivity index (χ0v) is 15.6. The van der Waals surface area contributed by atoms with Crippen molar-refractivity contribution in [1.82, 2.24) is 10.3 Å². The average Bonchev–Trinajstić information content (AvgIpc) is 2.59. The van der Waals surface area contributed by atoms with E-state index in [9.17, 15) is 9.90 Å². The van der Waals surface area contributed by atoms with Crippen molar-refractivity contribution in [3.05, 3.63) is 53.7 Å². The Balaban J connectivity index is 1.95. The highest BCUT2D eigenvalue weighted by Crippen LogP contribution is 2.24. The summed E-state index contributed by atoms with van der Waals surface area (Å²) >= 11 is 0. The number of nitrogens with zero attached hydrogens (tertiary/aromatic N) is 1. The maximum absolute atomic E-state index is 11.0. The molecule has 0 bridgehead atoms. The van der Waals surface area contributed by atoms with E-state index in [1.54, 1.807) is 30.5 Å². The first-order valence-electron chi connectivity index (χ1n) is 8.65. The molecule has 0 spiro atoms. The van der Waals surface area contributed by atoms with Crippen molar-refractivity contribution < 1.29 is 19.4 Å². The van der Waals surface area contributed by atoms with E-state index in [-0.39, 0.29) is 18.1 Å². The van der Waals surface area contributed by atoms with Gasteiger partial charge in [0.05, 0.1) is 12.1 Å². The van der Waals surface area contributed by atoms with Gasteiger partial charge in [0.2, 0.25) is 11.8 Å². The van der Waals surface area contributed by atoms with Crippen molar-refractivity contribution in [2.75, 3.05) is 6.61 Å². The lowest BCUT2D eigenvalue weighted by molar-refractivity contribution is -0.119. The first-order valence-corrected chi connectivity index (χ1v) is 8.65. The van der Waals surface area contributed by atoms with Crippen molar-refractivity contribution in [2.45, 2.75) is 45.9 Å². The number of aromatic nitrogens is 1. The van der Waals surface area contributed by atoms with Crippen LogP contribution in [0.4, 0.5) is 0 Å². The van der Waals surface area contributed by atoms with Crippen LogP contribution in [-0.4, -0.2) is 34.8 Å². The second-order valence-corrected chi connectivity index (χ2v) is 6.48. The molecular weight excluding hydrogens is 332 g/mol. The summed E-state index contributed by atoms with van der Waals surface area (Å²) in [6.45, 7) is 7.60. The molecule has 0 radical (unpaired) electrons. The van der Waals surface area contributed by atoms with Gasteiger partial charge in [0, 0.05) is 24.8 Å². The van der Waals surface area contributed by atoms with Crippen LogP contribution in [0.25, 0.3) is 0 Å². The summed E-state index contributed by atoms with van der Waals surface area (Å²) in [5, 5.41) is 13.3. The van der Waals surface area contributed by atoms with E-state index in [0.29, 0.717) is 23.8 Å². The lowest BCUT2D eigenvalue weighted by atomic mass is 10.0. The summed E-state index contributed by atoms with van der Waals surface area (Å²) in [6, 6.07) is 10.7. The highest BCUT2D eigenvalue weighted by atomic mass is 16.5. The Morgan fingerprint density at radius 1 is 1.12 bits per heavy atom. The van der Waals surface area contributed by atoms with Crippen LogP contribution in [0, 0.1) is 0 Å². The van der Waals surface area contributed by atoms with Crippen LogP contribution >= 0.6 is 0 Å². The number of rotatable bonds is 8. The molecule has 0 saturated carbocycles. The van der Waals surface area contributed by atoms with E-state index in [0.717, 1.165) is 5.56 Å². The van der Waals surface area contributed by atoms with Gasteiger partial charge in [-0.2, -0.15) is 0 Å². The number of hydrogen-bond donors (Lipinski definition) is 2. The number of aliphatic hydroxyl groups excluding tert-OH is 1. The van der Waals surface area contributed by atoms with Gasteiger partial charge in [-0.25, -0.2) is 4.98 Å². The second-order valence-electron chi connectivity index (χ2n) is 6.48. The zero-order valence-electron chi connectivity index (χ0n) is 15.6. The quantitative estimate of drug-likeness (QED) is 0.758. The maximum atomic E-state index is 11.0. The summed E-state index contributed by atoms with van der Waals surface area (Å²) in [7, 11) is 0. The molecular formula is C20H26N2O4. The average molecular weight is 358 g/mol. The smallest absolute Gasteiger partial charge is 0.217 e. The van der Waals surface area contributed by atoms with Crippen molar-refractivity contribution in [3.63, 3.8) is 0 Å². The number of hydrogen-bond acceptors (Lipinski definition) is 5. The molecule has 1 amide bonds. The molecule has 2 aromatic rings. The Labute approximate surface area is 154 Å². The molecule has 1 heterocycles. The van der Waals surface area contributed by atoms with Crippen LogP contribution in [0.15, 0.2) is 42.6 Å². The Kier molecular flexibility index (Phi) is 6.97. The van der Waals surface area contributed by atoms with Crippen LogP contribution in [0.2, 0.25) is 0 Å². The lowest BCUT2D eigenvalue weighted by Gasteiger charge is -2.15. The number of nitrogens with one attached hydrogen (secondary N) is 1. The number of carbonyl (C=O) groups excluding carboxylic acids is 1. The van der Waals surface area contributed by atoms with E-state index < -0.39 is 6.10 Å². The molecule has 0 aliphatic rings. The fourth-order valence-corrected chi connectivity index (χ4v) is 2.41. The molecule has 1 aromatic heterocycles. The van der Waals surface area contributed by atoms with Gasteiger partial charge in [-0.3, -0.25) is 4.79 Å². The summed E-state index contributed by atoms with van der Waals surface area (Å²) in [4.78, 5) is 15.2. The normalized spacial score (nSPS) is 13.2. The van der Waals surface area contributed by atoms with Crippen LogP contribution in [-0.2, 0) is 4.79 Å². The van der Waals surface area contributed by atoms with Gasteiger partial charge in [-0.15, -0.1) is 0 Å². The van der Waals surface area contributed by atoms with Gasteiger partial charge in [0.25, 0.3) is 0 Å². The first kappa shape index (κ1) is 19.7. The third-order valence-corrected chi connectivity index (χ3v) is 3.58. The lowest BCUT2D eigenvalue weighted by Crippen LogP contribution is -2.35. The van der Waals surface area contributed by atoms with E-state index in [1.807, 2.05) is 32.9 Å². The highest BCUT2D eigenvalue weighted by molar-refractivity contribution is 5.73. The number of carbonyl (C=O) groups is 1. The van der Waals surface area contributed by atoms with Crippen LogP contribution in [0.3, 0.4) is 0 Å². The molecule has 0 fully saturated rings. The number of amides is 1. The molecule has 2 atom stereocenters. The monoisotopic (exact) mass is 358 g/mol. The molecule has 2 unspecified atom stereocenters. The van der Waals surface area contributed by atoms with E-state index in [1.165, 1.54) is 6.92 Å². The minimum atomic E-state index is -0.775. The predicted octanol–water partition coefficient (Wildman–Crippen LogP) is 2.85. The van der Waals surface area contributed by atoms with Crippen molar-refractivity contribution in [3.8, 4) is 11.6 Å². The number of benzene rings is 1. The van der Waals surface area contributed by atoms with Crippen molar-refractivity contribution in [1.29, 1.82) is 0 Å². The summed E-state index contributed by atoms with van der Waals surface area (Å²) in [5.74, 6) is 1.13. The summed E-state index contributed by atoms with van der Waals surface area (Å²) in [6.07, 6.45) is 0.893. The third kappa shape index (κ3) is 6.04. The summed E-state index contributed by atoms with van der Waals surface area (Å²) in [5.41, 5.74) is 1.43. The third-order valence-electron chi connectivity index (χ3n) is 3.58. The van der Waals surface area contributed by atoms with Crippen molar-refractivity contribution in [2.24, 2.45) is 0 Å². The number of aliphatic hydroxyl groups is 1. The Bertz CT molecular complexity index is 699. The molecule has 1 aromatic carbocycles. The van der Waals surface area contributed by atoms with Crippen LogP contribution in [0.5, 0.6) is 11.6 Å². The fourth-order valence-electron chi connectivity index (χ4n) is 2.41. The van der Waals surface area contributed by atoms with Gasteiger partial charge in [0.1, 0.15) is 18.5 Å². The molecule has 2 rings (SSSR count). The standard InChI is InChI=1S/C20H26N2O4/c1-13(2)26-19-10-7-17(11-21-19)20(24)16-5-8-18(9-6-16)25-12-14(3)22-15(4)23/h5-11,13-14,20,24H,12H2,1-4H3,(H,22,23). The highest BCUT2D eigenvalue weighted by Gasteiger charge is 2.12. The Hall–Kier alpha value is -2.60. The van der Waals surface area contributed by atoms with E-state index in [4.69, 9.17) is 9.47 Å². The zero-order chi connectivity index (χ0) is 19.1. The number of ether oxygens (including phenoxy) is 2. The van der Waals surface area contributed by atoms with E-state index >= 15 is 0 Å². The number of pyridine rings is 1. The molecule has 0 aliphatic heterocycles. The van der Waals surface area contributed by atoms with Crippen molar-refractivity contribution >= 4 is 5.91 Å². The van der Waals surface area contributed by atoms with Crippen LogP contribution in [0.1, 0.15) is 44.9 Å². The summed E-state index contributed by atoms with van der Waals surface area (Å²) < 4.78 is 11.1. The van der Waals surface area contributed by atoms with Gasteiger partial charge in [-0.1, -0.05) is 12.1 Å². The van der Waals surface area contributed by atoms with Gasteiger partial charge in [0.15, 0.2) is 0 Å². The Morgan fingerprint density at radius 2 is 1.77 bits per heavy atom. The molecule has 0 aliphatic carbocycles. The topological polar surface area (TPSA) is 80.7 Å². The molecule has 2 N–H and O–H groups in total. The van der Waals surface area contributed by atoms with Gasteiger partial charge in [-0.05, 0) is 44.5 Å². The molecule has 0 saturated heterocycles. The van der Waals surface area contributed by atoms with Crippen LogP contribution < -0.4 is 14.8 Å². The largest absolute Gasteiger partial charge is 0.491 e. The molecule has 6 nitrogen and oxygen atoms in total. The van der Waals surface area contributed by atoms with Gasteiger partial charge >= 0.3 is 0 Å². The molecule has 140 valence electrons. The minimum Gasteiger partial charge on any atom is -0.491 e.